The van der Waals surface area contributed by atoms with Gasteiger partial charge in [-0.15, -0.1) is 0 Å². The van der Waals surface area contributed by atoms with E-state index in [0.717, 1.165) is 36.8 Å². The molecule has 1 aromatic carbocycles. The molecule has 0 saturated heterocycles. The highest BCUT2D eigenvalue weighted by molar-refractivity contribution is 6.30. The van der Waals surface area contributed by atoms with Crippen molar-refractivity contribution in [3.05, 3.63) is 46.2 Å². The van der Waals surface area contributed by atoms with E-state index in [1.165, 1.54) is 11.1 Å². The largest absolute Gasteiger partial charge is 0.293 e. The highest BCUT2D eigenvalue weighted by atomic mass is 35.5. The molecular formula is C12H13ClN4. The van der Waals surface area contributed by atoms with E-state index in [4.69, 9.17) is 11.6 Å². The molecule has 0 atom stereocenters. The number of hydrogen-bond donors (Lipinski definition) is 1. The summed E-state index contributed by atoms with van der Waals surface area (Å²) in [6.45, 7) is 2.85. The average Bonchev–Trinajstić information content (AvgIpc) is 2.82. The first-order chi connectivity index (χ1) is 8.31. The standard InChI is InChI=1S/C12H13ClN4/c13-11-2-1-10-7-17(4-3-9(10)5-11)8-12-6-14-16-15-12/h1-2,5-6H,3-4,7-8H2,(H,14,15,16). The van der Waals surface area contributed by atoms with Crippen LogP contribution < -0.4 is 0 Å². The van der Waals surface area contributed by atoms with Crippen LogP contribution in [0.25, 0.3) is 0 Å². The first-order valence-electron chi connectivity index (χ1n) is 5.65. The zero-order chi connectivity index (χ0) is 11.7. The number of aromatic nitrogens is 3. The number of fused-ring (bicyclic) bond motifs is 1. The fourth-order valence-electron chi connectivity index (χ4n) is 2.25. The van der Waals surface area contributed by atoms with Gasteiger partial charge in [0.2, 0.25) is 0 Å². The smallest absolute Gasteiger partial charge is 0.0964 e. The molecule has 4 nitrogen and oxygen atoms in total. The third-order valence-electron chi connectivity index (χ3n) is 3.11. The lowest BCUT2D eigenvalue weighted by atomic mass is 10.00. The second kappa shape index (κ2) is 4.47. The van der Waals surface area contributed by atoms with E-state index < -0.39 is 0 Å². The Morgan fingerprint density at radius 1 is 1.35 bits per heavy atom. The van der Waals surface area contributed by atoms with Gasteiger partial charge in [-0.25, -0.2) is 0 Å². The number of nitrogens with zero attached hydrogens (tertiary/aromatic N) is 3. The van der Waals surface area contributed by atoms with Gasteiger partial charge in [-0.1, -0.05) is 17.7 Å². The summed E-state index contributed by atoms with van der Waals surface area (Å²) in [5, 5.41) is 11.4. The summed E-state index contributed by atoms with van der Waals surface area (Å²) < 4.78 is 0. The van der Waals surface area contributed by atoms with E-state index in [0.29, 0.717) is 0 Å². The summed E-state index contributed by atoms with van der Waals surface area (Å²) in [5.41, 5.74) is 3.72. The monoisotopic (exact) mass is 248 g/mol. The van der Waals surface area contributed by atoms with Crippen LogP contribution in [-0.2, 0) is 19.5 Å². The maximum absolute atomic E-state index is 5.99. The molecule has 0 radical (unpaired) electrons. The van der Waals surface area contributed by atoms with Crippen molar-refractivity contribution < 1.29 is 0 Å². The maximum atomic E-state index is 5.99. The SMILES string of the molecule is Clc1ccc2c(c1)CCN(Cc1cn[nH]n1)C2. The summed E-state index contributed by atoms with van der Waals surface area (Å²) >= 11 is 5.99. The second-order valence-electron chi connectivity index (χ2n) is 4.34. The lowest BCUT2D eigenvalue weighted by molar-refractivity contribution is 0.242. The van der Waals surface area contributed by atoms with E-state index in [9.17, 15) is 0 Å². The van der Waals surface area contributed by atoms with Gasteiger partial charge in [0.25, 0.3) is 0 Å². The summed E-state index contributed by atoms with van der Waals surface area (Å²) in [6.07, 6.45) is 2.82. The zero-order valence-corrected chi connectivity index (χ0v) is 10.1. The van der Waals surface area contributed by atoms with Gasteiger partial charge in [0.05, 0.1) is 11.9 Å². The number of nitrogens with one attached hydrogen (secondary N) is 1. The van der Waals surface area contributed by atoms with Crippen LogP contribution in [0.3, 0.4) is 0 Å². The molecule has 0 saturated carbocycles. The predicted octanol–water partition coefficient (Wildman–Crippen LogP) is 2.02. The van der Waals surface area contributed by atoms with Crippen LogP contribution >= 0.6 is 11.6 Å². The minimum atomic E-state index is 0.828. The van der Waals surface area contributed by atoms with Crippen molar-refractivity contribution in [1.29, 1.82) is 0 Å². The number of rotatable bonds is 2. The number of hydrogen-bond acceptors (Lipinski definition) is 3. The molecule has 1 aromatic heterocycles. The van der Waals surface area contributed by atoms with Gasteiger partial charge in [0, 0.05) is 24.7 Å². The number of halogens is 1. The fourth-order valence-corrected chi connectivity index (χ4v) is 2.44. The molecule has 88 valence electrons. The normalized spacial score (nSPS) is 15.8. The van der Waals surface area contributed by atoms with Crippen LogP contribution in [0.5, 0.6) is 0 Å². The molecule has 3 rings (SSSR count). The second-order valence-corrected chi connectivity index (χ2v) is 4.77. The molecule has 2 aromatic rings. The minimum Gasteiger partial charge on any atom is -0.293 e. The number of benzene rings is 1. The van der Waals surface area contributed by atoms with Gasteiger partial charge < -0.3 is 0 Å². The van der Waals surface area contributed by atoms with Crippen LogP contribution in [0.15, 0.2) is 24.4 Å². The van der Waals surface area contributed by atoms with Crippen molar-refractivity contribution in [2.75, 3.05) is 6.54 Å². The summed E-state index contributed by atoms with van der Waals surface area (Å²) in [5.74, 6) is 0. The molecule has 1 aliphatic heterocycles. The van der Waals surface area contributed by atoms with Crippen LogP contribution in [0, 0.1) is 0 Å². The Bertz CT molecular complexity index is 509. The molecule has 2 heterocycles. The zero-order valence-electron chi connectivity index (χ0n) is 9.36. The third-order valence-corrected chi connectivity index (χ3v) is 3.35. The Labute approximate surface area is 105 Å². The molecule has 1 aliphatic rings. The Morgan fingerprint density at radius 2 is 2.29 bits per heavy atom. The highest BCUT2D eigenvalue weighted by Gasteiger charge is 2.17. The first-order valence-corrected chi connectivity index (χ1v) is 6.03. The lowest BCUT2D eigenvalue weighted by Crippen LogP contribution is -2.30. The molecule has 0 fully saturated rings. The van der Waals surface area contributed by atoms with Gasteiger partial charge in [0.15, 0.2) is 0 Å². The average molecular weight is 249 g/mol. The van der Waals surface area contributed by atoms with E-state index >= 15 is 0 Å². The summed E-state index contributed by atoms with van der Waals surface area (Å²) in [4.78, 5) is 2.37. The van der Waals surface area contributed by atoms with Crippen molar-refractivity contribution in [2.45, 2.75) is 19.5 Å². The Hall–Kier alpha value is -1.39. The molecule has 0 unspecified atom stereocenters. The molecule has 5 heteroatoms. The lowest BCUT2D eigenvalue weighted by Gasteiger charge is -2.28. The van der Waals surface area contributed by atoms with E-state index in [-0.39, 0.29) is 0 Å². The first kappa shape index (κ1) is 10.7. The molecule has 17 heavy (non-hydrogen) atoms. The molecular weight excluding hydrogens is 236 g/mol. The van der Waals surface area contributed by atoms with Gasteiger partial charge in [0.1, 0.15) is 0 Å². The Kier molecular flexibility index (Phi) is 2.82. The Balaban J connectivity index is 1.74. The molecule has 0 spiro atoms. The van der Waals surface area contributed by atoms with Gasteiger partial charge in [-0.2, -0.15) is 15.4 Å². The van der Waals surface area contributed by atoms with Crippen molar-refractivity contribution in [3.63, 3.8) is 0 Å². The van der Waals surface area contributed by atoms with Gasteiger partial charge in [-0.3, -0.25) is 4.90 Å². The van der Waals surface area contributed by atoms with Crippen molar-refractivity contribution in [2.24, 2.45) is 0 Å². The topological polar surface area (TPSA) is 44.8 Å². The van der Waals surface area contributed by atoms with Crippen molar-refractivity contribution >= 4 is 11.6 Å². The van der Waals surface area contributed by atoms with Crippen LogP contribution in [0.1, 0.15) is 16.8 Å². The van der Waals surface area contributed by atoms with Gasteiger partial charge in [-0.05, 0) is 29.7 Å². The fraction of sp³-hybridized carbons (Fsp3) is 0.333. The van der Waals surface area contributed by atoms with Crippen LogP contribution in [0.4, 0.5) is 0 Å². The molecule has 0 aliphatic carbocycles. The van der Waals surface area contributed by atoms with E-state index in [2.05, 4.69) is 32.4 Å². The summed E-state index contributed by atoms with van der Waals surface area (Å²) in [7, 11) is 0. The number of H-pyrrole nitrogens is 1. The van der Waals surface area contributed by atoms with E-state index in [1.807, 2.05) is 6.07 Å². The van der Waals surface area contributed by atoms with Crippen LogP contribution in [-0.4, -0.2) is 26.9 Å². The maximum Gasteiger partial charge on any atom is 0.0964 e. The van der Waals surface area contributed by atoms with E-state index in [1.54, 1.807) is 6.20 Å². The van der Waals surface area contributed by atoms with Crippen LogP contribution in [0.2, 0.25) is 5.02 Å². The quantitative estimate of drug-likeness (QED) is 0.884. The molecule has 1 N–H and O–H groups in total. The Morgan fingerprint density at radius 3 is 3.12 bits per heavy atom. The van der Waals surface area contributed by atoms with Crippen molar-refractivity contribution in [1.82, 2.24) is 20.3 Å². The third kappa shape index (κ3) is 2.33. The summed E-state index contributed by atoms with van der Waals surface area (Å²) in [6, 6.07) is 6.15. The predicted molar refractivity (Wildman–Crippen MR) is 65.7 cm³/mol. The van der Waals surface area contributed by atoms with Gasteiger partial charge >= 0.3 is 0 Å². The minimum absolute atomic E-state index is 0.828. The molecule has 0 bridgehead atoms. The number of aromatic amines is 1. The molecule has 0 amide bonds. The van der Waals surface area contributed by atoms with Crippen molar-refractivity contribution in [3.8, 4) is 0 Å². The highest BCUT2D eigenvalue weighted by Crippen LogP contribution is 2.23.